The number of hydrogen-bond acceptors (Lipinski definition) is 9. The summed E-state index contributed by atoms with van der Waals surface area (Å²) in [6, 6.07) is 0. The Hall–Kier alpha value is -2.59. The van der Waals surface area contributed by atoms with E-state index in [1.54, 1.807) is 0 Å². The second-order valence-electron chi connectivity index (χ2n) is 10.1. The van der Waals surface area contributed by atoms with Crippen LogP contribution in [0.15, 0.2) is 72.9 Å². The highest BCUT2D eigenvalue weighted by atomic mass is 31.2. The van der Waals surface area contributed by atoms with Crippen LogP contribution in [0.2, 0.25) is 0 Å². The van der Waals surface area contributed by atoms with Gasteiger partial charge in [-0.05, 0) is 51.4 Å². The van der Waals surface area contributed by atoms with E-state index < -0.39 is 51.8 Å². The summed E-state index contributed by atoms with van der Waals surface area (Å²) in [6.45, 7) is 1.92. The van der Waals surface area contributed by atoms with Crippen molar-refractivity contribution in [2.75, 3.05) is 26.4 Å². The first-order valence-corrected chi connectivity index (χ1v) is 17.4. The molecule has 0 fully saturated rings. The van der Waals surface area contributed by atoms with Gasteiger partial charge in [-0.25, -0.2) is 4.57 Å². The van der Waals surface area contributed by atoms with Gasteiger partial charge in [0, 0.05) is 12.8 Å². The molecule has 0 aliphatic carbocycles. The Labute approximate surface area is 269 Å². The minimum absolute atomic E-state index is 0.0547. The Morgan fingerprint density at radius 3 is 1.71 bits per heavy atom. The molecule has 0 aromatic carbocycles. The average molecular weight is 655 g/mol. The van der Waals surface area contributed by atoms with E-state index in [0.717, 1.165) is 51.4 Å². The fourth-order valence-electron chi connectivity index (χ4n) is 3.43. The van der Waals surface area contributed by atoms with Gasteiger partial charge in [-0.1, -0.05) is 99.6 Å². The van der Waals surface area contributed by atoms with E-state index in [9.17, 15) is 24.2 Å². The number of aliphatic hydroxyl groups is 2. The normalized spacial score (nSPS) is 15.2. The van der Waals surface area contributed by atoms with Crippen molar-refractivity contribution >= 4 is 19.8 Å². The zero-order valence-corrected chi connectivity index (χ0v) is 27.9. The average Bonchev–Trinajstić information content (AvgIpc) is 3.02. The van der Waals surface area contributed by atoms with E-state index in [0.29, 0.717) is 12.8 Å². The van der Waals surface area contributed by atoms with Crippen LogP contribution in [0.3, 0.4) is 0 Å². The second kappa shape index (κ2) is 30.1. The minimum atomic E-state index is -4.62. The maximum absolute atomic E-state index is 12.4. The van der Waals surface area contributed by atoms with Crippen molar-refractivity contribution in [1.29, 1.82) is 0 Å². The van der Waals surface area contributed by atoms with Crippen LogP contribution in [0.5, 0.6) is 0 Å². The molecule has 3 N–H and O–H groups in total. The molecule has 0 aliphatic heterocycles. The Morgan fingerprint density at radius 1 is 0.689 bits per heavy atom. The van der Waals surface area contributed by atoms with Crippen LogP contribution in [-0.2, 0) is 32.7 Å². The number of phosphoric ester groups is 1. The summed E-state index contributed by atoms with van der Waals surface area (Å²) >= 11 is 0. The monoisotopic (exact) mass is 654 g/mol. The summed E-state index contributed by atoms with van der Waals surface area (Å²) in [4.78, 5) is 34.1. The molecule has 0 heterocycles. The van der Waals surface area contributed by atoms with Gasteiger partial charge in [0.15, 0.2) is 6.10 Å². The highest BCUT2D eigenvalue weighted by molar-refractivity contribution is 7.47. The molecule has 0 radical (unpaired) electrons. The van der Waals surface area contributed by atoms with E-state index in [1.165, 1.54) is 0 Å². The summed E-state index contributed by atoms with van der Waals surface area (Å²) in [6.07, 6.45) is 31.3. The quantitative estimate of drug-likeness (QED) is 0.0349. The number of allylic oxidation sites excluding steroid dienone is 12. The standard InChI is InChI=1S/C34H55O10P/c1-3-5-7-8-9-10-11-12-13-14-15-16-17-18-19-20-21-22-24-26-34(38)44-32(29-41-33(37)25-23-6-4-2)30-43-45(39,40)42-28-31(36)27-35/h5,7,9-10,12-13,15-16,18-19,21-22,31-32,35-36H,3-4,6,8,11,14,17,20,23-30H2,1-2H3,(H,39,40)/b7-5-,10-9-,13-12-,16-15-,19-18-,22-21-. The summed E-state index contributed by atoms with van der Waals surface area (Å²) in [5.74, 6) is -1.06. The molecule has 0 bridgehead atoms. The Balaban J connectivity index is 4.43. The smallest absolute Gasteiger partial charge is 0.462 e. The first-order valence-electron chi connectivity index (χ1n) is 15.9. The molecular formula is C34H55O10P. The molecular weight excluding hydrogens is 599 g/mol. The lowest BCUT2D eigenvalue weighted by Crippen LogP contribution is -2.29. The highest BCUT2D eigenvalue weighted by Crippen LogP contribution is 2.43. The number of ether oxygens (including phenoxy) is 2. The molecule has 256 valence electrons. The van der Waals surface area contributed by atoms with Gasteiger partial charge in [0.05, 0.1) is 19.8 Å². The third-order valence-corrected chi connectivity index (χ3v) is 6.84. The van der Waals surface area contributed by atoms with Crippen molar-refractivity contribution in [3.05, 3.63) is 72.9 Å². The number of rotatable bonds is 28. The molecule has 0 amide bonds. The van der Waals surface area contributed by atoms with Crippen LogP contribution >= 0.6 is 7.82 Å². The van der Waals surface area contributed by atoms with Gasteiger partial charge < -0.3 is 24.6 Å². The van der Waals surface area contributed by atoms with Gasteiger partial charge in [-0.15, -0.1) is 0 Å². The Morgan fingerprint density at radius 2 is 1.20 bits per heavy atom. The van der Waals surface area contributed by atoms with Crippen LogP contribution in [0.4, 0.5) is 0 Å². The molecule has 0 rings (SSSR count). The Kier molecular flexibility index (Phi) is 28.4. The zero-order valence-electron chi connectivity index (χ0n) is 27.0. The molecule has 0 aliphatic rings. The number of phosphoric acid groups is 1. The molecule has 0 aromatic heterocycles. The van der Waals surface area contributed by atoms with Crippen molar-refractivity contribution in [3.63, 3.8) is 0 Å². The zero-order chi connectivity index (χ0) is 33.4. The van der Waals surface area contributed by atoms with Crippen molar-refractivity contribution in [1.82, 2.24) is 0 Å². The maximum Gasteiger partial charge on any atom is 0.472 e. The third-order valence-electron chi connectivity index (χ3n) is 5.89. The topological polar surface area (TPSA) is 149 Å². The summed E-state index contributed by atoms with van der Waals surface area (Å²) in [7, 11) is -4.62. The fourth-order valence-corrected chi connectivity index (χ4v) is 4.22. The summed E-state index contributed by atoms with van der Waals surface area (Å²) in [5, 5.41) is 18.1. The van der Waals surface area contributed by atoms with Crippen LogP contribution in [-0.4, -0.2) is 65.7 Å². The first-order chi connectivity index (χ1) is 21.7. The molecule has 0 saturated heterocycles. The molecule has 3 atom stereocenters. The summed E-state index contributed by atoms with van der Waals surface area (Å²) < 4.78 is 32.0. The highest BCUT2D eigenvalue weighted by Gasteiger charge is 2.27. The predicted octanol–water partition coefficient (Wildman–Crippen LogP) is 6.99. The number of aliphatic hydroxyl groups excluding tert-OH is 2. The third kappa shape index (κ3) is 29.9. The number of carbonyl (C=O) groups excluding carboxylic acids is 2. The lowest BCUT2D eigenvalue weighted by molar-refractivity contribution is -0.161. The largest absolute Gasteiger partial charge is 0.472 e. The van der Waals surface area contributed by atoms with Gasteiger partial charge in [0.1, 0.15) is 12.7 Å². The molecule has 3 unspecified atom stereocenters. The number of hydrogen-bond donors (Lipinski definition) is 3. The lowest BCUT2D eigenvalue weighted by atomic mass is 10.2. The Bertz CT molecular complexity index is 983. The lowest BCUT2D eigenvalue weighted by Gasteiger charge is -2.20. The van der Waals surface area contributed by atoms with Crippen LogP contribution in [0.25, 0.3) is 0 Å². The second-order valence-corrected chi connectivity index (χ2v) is 11.6. The van der Waals surface area contributed by atoms with Gasteiger partial charge in [0.2, 0.25) is 0 Å². The van der Waals surface area contributed by atoms with E-state index in [1.807, 2.05) is 25.2 Å². The van der Waals surface area contributed by atoms with Crippen LogP contribution in [0.1, 0.15) is 90.9 Å². The van der Waals surface area contributed by atoms with E-state index in [-0.39, 0.29) is 19.4 Å². The number of unbranched alkanes of at least 4 members (excludes halogenated alkanes) is 2. The van der Waals surface area contributed by atoms with E-state index in [4.69, 9.17) is 19.1 Å². The number of esters is 2. The molecule has 0 aromatic rings. The minimum Gasteiger partial charge on any atom is -0.462 e. The van der Waals surface area contributed by atoms with Crippen LogP contribution < -0.4 is 0 Å². The molecule has 45 heavy (non-hydrogen) atoms. The van der Waals surface area contributed by atoms with Crippen molar-refractivity contribution < 1.29 is 47.8 Å². The van der Waals surface area contributed by atoms with Gasteiger partial charge in [0.25, 0.3) is 0 Å². The fraction of sp³-hybridized carbons (Fsp3) is 0.588. The predicted molar refractivity (Wildman–Crippen MR) is 177 cm³/mol. The SMILES string of the molecule is CC/C=C\C/C=C\C/C=C\C/C=C\C/C=C\C/C=C\CCC(=O)OC(COC(=O)CCCCC)COP(=O)(O)OCC(O)CO. The molecule has 0 spiro atoms. The van der Waals surface area contributed by atoms with Gasteiger partial charge in [-0.2, -0.15) is 0 Å². The van der Waals surface area contributed by atoms with Gasteiger partial charge in [-0.3, -0.25) is 18.6 Å². The van der Waals surface area contributed by atoms with Crippen LogP contribution in [0, 0.1) is 0 Å². The number of carbonyl (C=O) groups is 2. The first kappa shape index (κ1) is 42.4. The van der Waals surface area contributed by atoms with E-state index >= 15 is 0 Å². The van der Waals surface area contributed by atoms with E-state index in [2.05, 4.69) is 66.1 Å². The van der Waals surface area contributed by atoms with Crippen molar-refractivity contribution in [2.45, 2.75) is 103 Å². The van der Waals surface area contributed by atoms with Crippen molar-refractivity contribution in [3.8, 4) is 0 Å². The molecule has 0 saturated carbocycles. The van der Waals surface area contributed by atoms with Crippen molar-refractivity contribution in [2.24, 2.45) is 0 Å². The van der Waals surface area contributed by atoms with Gasteiger partial charge >= 0.3 is 19.8 Å². The molecule has 10 nitrogen and oxygen atoms in total. The maximum atomic E-state index is 12.4. The molecule has 11 heteroatoms. The summed E-state index contributed by atoms with van der Waals surface area (Å²) in [5.41, 5.74) is 0.